The zero-order valence-corrected chi connectivity index (χ0v) is 16.9. The van der Waals surface area contributed by atoms with Crippen LogP contribution in [0.4, 0.5) is 11.4 Å². The number of amides is 1. The molecular formula is C26H17N3O3. The van der Waals surface area contributed by atoms with E-state index in [1.54, 1.807) is 27.5 Å². The monoisotopic (exact) mass is 419 g/mol. The second-order valence-corrected chi connectivity index (χ2v) is 7.48. The van der Waals surface area contributed by atoms with Crippen LogP contribution in [0.3, 0.4) is 0 Å². The number of nitrogens with one attached hydrogen (secondary N) is 1. The first-order chi connectivity index (χ1) is 15.7. The Morgan fingerprint density at radius 2 is 1.53 bits per heavy atom. The molecule has 0 fully saturated rings. The van der Waals surface area contributed by atoms with Gasteiger partial charge in [-0.25, -0.2) is 0 Å². The summed E-state index contributed by atoms with van der Waals surface area (Å²) in [6.45, 7) is 0. The van der Waals surface area contributed by atoms with E-state index in [0.29, 0.717) is 27.8 Å². The number of carbonyl (C=O) groups excluding carboxylic acids is 1. The number of fused-ring (bicyclic) bond motifs is 4. The Balaban J connectivity index is 1.80. The number of pyridine rings is 1. The van der Waals surface area contributed by atoms with Crippen molar-refractivity contribution in [2.75, 3.05) is 4.90 Å². The Kier molecular flexibility index (Phi) is 3.98. The van der Waals surface area contributed by atoms with Gasteiger partial charge in [0.05, 0.1) is 23.0 Å². The summed E-state index contributed by atoms with van der Waals surface area (Å²) in [6.07, 6.45) is 1.47. The molecule has 3 aromatic heterocycles. The molecule has 0 spiro atoms. The lowest BCUT2D eigenvalue weighted by Gasteiger charge is -2.24. The maximum Gasteiger partial charge on any atom is 0.298 e. The predicted molar refractivity (Wildman–Crippen MR) is 125 cm³/mol. The molecule has 0 saturated carbocycles. The first kappa shape index (κ1) is 18.2. The number of rotatable bonds is 3. The number of carbonyl (C=O) groups is 1. The van der Waals surface area contributed by atoms with Crippen molar-refractivity contribution in [3.05, 3.63) is 113 Å². The van der Waals surface area contributed by atoms with Crippen molar-refractivity contribution in [3.63, 3.8) is 0 Å². The standard InChI is InChI=1S/C26H17N3O3/c30-25-19-12-5-4-11-18(19)23(24-27-20-13-6-7-14-21(20)29(24)25)28(17-9-2-1-3-10-17)26(31)22-15-8-16-32-22/h1-16,27H. The minimum Gasteiger partial charge on any atom is -0.459 e. The van der Waals surface area contributed by atoms with E-state index in [1.807, 2.05) is 72.8 Å². The number of imidazole rings is 1. The van der Waals surface area contributed by atoms with Crippen molar-refractivity contribution in [2.45, 2.75) is 0 Å². The molecule has 6 aromatic rings. The Morgan fingerprint density at radius 3 is 2.31 bits per heavy atom. The van der Waals surface area contributed by atoms with Gasteiger partial charge in [-0.05, 0) is 42.5 Å². The minimum atomic E-state index is -0.328. The Labute approximate surface area is 181 Å². The Hall–Kier alpha value is -4.58. The van der Waals surface area contributed by atoms with Gasteiger partial charge in [0.1, 0.15) is 5.65 Å². The molecule has 0 aliphatic carbocycles. The molecule has 1 N–H and O–H groups in total. The van der Waals surface area contributed by atoms with E-state index >= 15 is 0 Å². The van der Waals surface area contributed by atoms with E-state index in [0.717, 1.165) is 11.0 Å². The highest BCUT2D eigenvalue weighted by atomic mass is 16.3. The quantitative estimate of drug-likeness (QED) is 0.411. The molecule has 0 radical (unpaired) electrons. The lowest BCUT2D eigenvalue weighted by Crippen LogP contribution is -2.28. The van der Waals surface area contributed by atoms with Crippen LogP contribution in [-0.2, 0) is 0 Å². The van der Waals surface area contributed by atoms with E-state index < -0.39 is 0 Å². The van der Waals surface area contributed by atoms with Gasteiger partial charge in [-0.1, -0.05) is 48.5 Å². The maximum atomic E-state index is 13.7. The minimum absolute atomic E-state index is 0.143. The Morgan fingerprint density at radius 1 is 0.812 bits per heavy atom. The molecule has 0 aliphatic rings. The zero-order valence-electron chi connectivity index (χ0n) is 16.9. The lowest BCUT2D eigenvalue weighted by atomic mass is 10.1. The summed E-state index contributed by atoms with van der Waals surface area (Å²) in [5.74, 6) is -0.121. The molecule has 0 saturated heterocycles. The Bertz CT molecular complexity index is 1660. The molecule has 1 amide bonds. The van der Waals surface area contributed by atoms with Crippen LogP contribution in [0, 0.1) is 0 Å². The summed E-state index contributed by atoms with van der Waals surface area (Å²) in [7, 11) is 0. The van der Waals surface area contributed by atoms with Gasteiger partial charge in [-0.3, -0.25) is 18.9 Å². The lowest BCUT2D eigenvalue weighted by molar-refractivity contribution is 0.0973. The topological polar surface area (TPSA) is 70.7 Å². The smallest absolute Gasteiger partial charge is 0.298 e. The number of aromatic nitrogens is 2. The van der Waals surface area contributed by atoms with Crippen LogP contribution in [0.1, 0.15) is 10.6 Å². The molecule has 32 heavy (non-hydrogen) atoms. The van der Waals surface area contributed by atoms with Gasteiger partial charge in [0.25, 0.3) is 11.5 Å². The van der Waals surface area contributed by atoms with Gasteiger partial charge < -0.3 is 9.40 Å². The highest BCUT2D eigenvalue weighted by Crippen LogP contribution is 2.37. The number of benzene rings is 3. The van der Waals surface area contributed by atoms with Crippen molar-refractivity contribution in [2.24, 2.45) is 0 Å². The van der Waals surface area contributed by atoms with Crippen molar-refractivity contribution in [1.82, 2.24) is 9.38 Å². The van der Waals surface area contributed by atoms with Gasteiger partial charge in [0, 0.05) is 16.5 Å². The van der Waals surface area contributed by atoms with E-state index in [4.69, 9.17) is 4.42 Å². The summed E-state index contributed by atoms with van der Waals surface area (Å²) < 4.78 is 7.09. The van der Waals surface area contributed by atoms with E-state index in [-0.39, 0.29) is 17.2 Å². The first-order valence-corrected chi connectivity index (χ1v) is 10.2. The molecule has 6 heteroatoms. The highest BCUT2D eigenvalue weighted by Gasteiger charge is 2.28. The first-order valence-electron chi connectivity index (χ1n) is 10.2. The van der Waals surface area contributed by atoms with Gasteiger partial charge in [0.2, 0.25) is 0 Å². The number of anilines is 2. The zero-order chi connectivity index (χ0) is 21.7. The predicted octanol–water partition coefficient (Wildman–Crippen LogP) is 5.51. The van der Waals surface area contributed by atoms with Crippen molar-refractivity contribution in [1.29, 1.82) is 0 Å². The molecule has 0 atom stereocenters. The van der Waals surface area contributed by atoms with E-state index in [9.17, 15) is 9.59 Å². The molecular weight excluding hydrogens is 402 g/mol. The summed E-state index contributed by atoms with van der Waals surface area (Å²) in [4.78, 5) is 32.2. The average molecular weight is 419 g/mol. The molecule has 154 valence electrons. The summed E-state index contributed by atoms with van der Waals surface area (Å²) >= 11 is 0. The molecule has 3 heterocycles. The molecule has 0 unspecified atom stereocenters. The second-order valence-electron chi connectivity index (χ2n) is 7.48. The van der Waals surface area contributed by atoms with Gasteiger partial charge in [-0.15, -0.1) is 0 Å². The number of nitrogens with zero attached hydrogens (tertiary/aromatic N) is 2. The van der Waals surface area contributed by atoms with Crippen LogP contribution in [0.25, 0.3) is 27.5 Å². The molecule has 6 nitrogen and oxygen atoms in total. The van der Waals surface area contributed by atoms with Crippen LogP contribution < -0.4 is 10.5 Å². The largest absolute Gasteiger partial charge is 0.459 e. The number of aromatic amines is 1. The fraction of sp³-hybridized carbons (Fsp3) is 0. The van der Waals surface area contributed by atoms with Gasteiger partial charge in [0.15, 0.2) is 5.76 Å². The third-order valence-corrected chi connectivity index (χ3v) is 5.63. The van der Waals surface area contributed by atoms with Gasteiger partial charge in [-0.2, -0.15) is 0 Å². The number of hydrogen-bond donors (Lipinski definition) is 1. The third kappa shape index (κ3) is 2.60. The number of H-pyrrole nitrogens is 1. The normalized spacial score (nSPS) is 11.4. The van der Waals surface area contributed by atoms with E-state index in [1.165, 1.54) is 6.26 Å². The van der Waals surface area contributed by atoms with Crippen molar-refractivity contribution >= 4 is 44.7 Å². The number of furan rings is 1. The summed E-state index contributed by atoms with van der Waals surface area (Å²) in [5.41, 5.74) is 3.20. The number of para-hydroxylation sites is 3. The molecule has 3 aromatic carbocycles. The second kappa shape index (κ2) is 6.99. The van der Waals surface area contributed by atoms with Crippen LogP contribution in [0.15, 0.2) is 106 Å². The summed E-state index contributed by atoms with van der Waals surface area (Å²) in [6, 6.07) is 27.6. The fourth-order valence-corrected chi connectivity index (χ4v) is 4.24. The fourth-order valence-electron chi connectivity index (χ4n) is 4.24. The van der Waals surface area contributed by atoms with Gasteiger partial charge >= 0.3 is 0 Å². The maximum absolute atomic E-state index is 13.7. The number of hydrogen-bond acceptors (Lipinski definition) is 3. The molecule has 6 rings (SSSR count). The third-order valence-electron chi connectivity index (χ3n) is 5.63. The molecule has 0 bridgehead atoms. The van der Waals surface area contributed by atoms with Crippen LogP contribution >= 0.6 is 0 Å². The van der Waals surface area contributed by atoms with Crippen LogP contribution in [-0.4, -0.2) is 15.3 Å². The van der Waals surface area contributed by atoms with Crippen molar-refractivity contribution in [3.8, 4) is 0 Å². The van der Waals surface area contributed by atoms with Crippen LogP contribution in [0.5, 0.6) is 0 Å². The molecule has 0 aliphatic heterocycles. The SMILES string of the molecule is O=C(c1ccco1)N(c1ccccc1)c1c2ccccc2c(=O)n2c1[nH]c1ccccc12. The summed E-state index contributed by atoms with van der Waals surface area (Å²) in [5, 5.41) is 1.20. The van der Waals surface area contributed by atoms with E-state index in [2.05, 4.69) is 4.98 Å². The van der Waals surface area contributed by atoms with Crippen LogP contribution in [0.2, 0.25) is 0 Å². The van der Waals surface area contributed by atoms with Crippen molar-refractivity contribution < 1.29 is 9.21 Å². The average Bonchev–Trinajstić information content (AvgIpc) is 3.50. The highest BCUT2D eigenvalue weighted by molar-refractivity contribution is 6.17.